The fourth-order valence-corrected chi connectivity index (χ4v) is 3.26. The lowest BCUT2D eigenvalue weighted by Crippen LogP contribution is -1.96. The van der Waals surface area contributed by atoms with Crippen molar-refractivity contribution >= 4 is 15.9 Å². The Morgan fingerprint density at radius 1 is 1.33 bits per heavy atom. The monoisotopic (exact) mass is 188 g/mol. The van der Waals surface area contributed by atoms with Crippen LogP contribution in [-0.4, -0.2) is 5.33 Å². The van der Waals surface area contributed by atoms with Crippen molar-refractivity contribution in [1.29, 1.82) is 0 Å². The highest BCUT2D eigenvalue weighted by Crippen LogP contribution is 2.63. The quantitative estimate of drug-likeness (QED) is 0.556. The number of hydrogen-bond donors (Lipinski definition) is 0. The molecular weight excluding hydrogens is 176 g/mol. The zero-order chi connectivity index (χ0) is 6.32. The van der Waals surface area contributed by atoms with Gasteiger partial charge >= 0.3 is 0 Å². The van der Waals surface area contributed by atoms with Crippen LogP contribution in [0.2, 0.25) is 0 Å². The van der Waals surface area contributed by atoms with Crippen LogP contribution in [-0.2, 0) is 0 Å². The van der Waals surface area contributed by atoms with Gasteiger partial charge in [0.1, 0.15) is 0 Å². The van der Waals surface area contributed by atoms with Gasteiger partial charge in [-0.2, -0.15) is 0 Å². The van der Waals surface area contributed by atoms with Crippen LogP contribution >= 0.6 is 15.9 Å². The van der Waals surface area contributed by atoms with E-state index in [1.54, 1.807) is 0 Å². The van der Waals surface area contributed by atoms with Gasteiger partial charge in [0.05, 0.1) is 0 Å². The third-order valence-corrected chi connectivity index (χ3v) is 3.93. The van der Waals surface area contributed by atoms with Crippen LogP contribution in [0.15, 0.2) is 0 Å². The van der Waals surface area contributed by atoms with Gasteiger partial charge in [-0.25, -0.2) is 0 Å². The minimum absolute atomic E-state index is 0.865. The SMILES string of the molecule is BrCC1CC12CCCC2. The second-order valence-electron chi connectivity index (χ2n) is 3.62. The second-order valence-corrected chi connectivity index (χ2v) is 4.27. The van der Waals surface area contributed by atoms with Crippen molar-refractivity contribution < 1.29 is 0 Å². The largest absolute Gasteiger partial charge is 0.0925 e. The van der Waals surface area contributed by atoms with Crippen molar-refractivity contribution in [2.75, 3.05) is 5.33 Å². The Hall–Kier alpha value is 0.480. The normalized spacial score (nSPS) is 37.7. The van der Waals surface area contributed by atoms with E-state index in [1.807, 2.05) is 0 Å². The molecule has 2 aliphatic rings. The summed E-state index contributed by atoms with van der Waals surface area (Å²) in [5.74, 6) is 1.06. The third kappa shape index (κ3) is 0.849. The van der Waals surface area contributed by atoms with E-state index < -0.39 is 0 Å². The lowest BCUT2D eigenvalue weighted by Gasteiger charge is -2.03. The third-order valence-electron chi connectivity index (χ3n) is 3.14. The van der Waals surface area contributed by atoms with Gasteiger partial charge in [0, 0.05) is 5.33 Å². The molecule has 0 heterocycles. The molecule has 2 saturated carbocycles. The van der Waals surface area contributed by atoms with Gasteiger partial charge in [0.25, 0.3) is 0 Å². The summed E-state index contributed by atoms with van der Waals surface area (Å²) in [6, 6.07) is 0. The maximum absolute atomic E-state index is 3.56. The smallest absolute Gasteiger partial charge is 0.00651 e. The highest BCUT2D eigenvalue weighted by Gasteiger charge is 2.53. The minimum Gasteiger partial charge on any atom is -0.0925 e. The van der Waals surface area contributed by atoms with Gasteiger partial charge in [-0.3, -0.25) is 0 Å². The zero-order valence-corrected chi connectivity index (χ0v) is 7.28. The van der Waals surface area contributed by atoms with Crippen molar-refractivity contribution in [3.05, 3.63) is 0 Å². The number of halogens is 1. The van der Waals surface area contributed by atoms with Gasteiger partial charge in [0.2, 0.25) is 0 Å². The highest BCUT2D eigenvalue weighted by atomic mass is 79.9. The Morgan fingerprint density at radius 3 is 2.44 bits per heavy atom. The van der Waals surface area contributed by atoms with Gasteiger partial charge in [-0.15, -0.1) is 0 Å². The molecular formula is C8H13Br. The summed E-state index contributed by atoms with van der Waals surface area (Å²) in [5.41, 5.74) is 0.865. The summed E-state index contributed by atoms with van der Waals surface area (Å²) in [6.07, 6.45) is 7.60. The van der Waals surface area contributed by atoms with E-state index in [4.69, 9.17) is 0 Å². The summed E-state index contributed by atoms with van der Waals surface area (Å²) in [7, 11) is 0. The average molecular weight is 189 g/mol. The first kappa shape index (κ1) is 6.21. The lowest BCUT2D eigenvalue weighted by molar-refractivity contribution is 0.490. The van der Waals surface area contributed by atoms with E-state index >= 15 is 0 Å². The molecule has 0 saturated heterocycles. The van der Waals surface area contributed by atoms with Crippen LogP contribution in [0.3, 0.4) is 0 Å². The summed E-state index contributed by atoms with van der Waals surface area (Å²) in [5, 5.41) is 1.26. The van der Waals surface area contributed by atoms with Crippen molar-refractivity contribution in [1.82, 2.24) is 0 Å². The maximum atomic E-state index is 3.56. The van der Waals surface area contributed by atoms with E-state index in [-0.39, 0.29) is 0 Å². The Bertz CT molecular complexity index is 114. The first-order valence-electron chi connectivity index (χ1n) is 3.93. The molecule has 2 aliphatic carbocycles. The fraction of sp³-hybridized carbons (Fsp3) is 1.00. The number of rotatable bonds is 1. The van der Waals surface area contributed by atoms with Gasteiger partial charge in [-0.05, 0) is 30.6 Å². The van der Waals surface area contributed by atoms with Crippen LogP contribution in [0, 0.1) is 11.3 Å². The van der Waals surface area contributed by atoms with Crippen LogP contribution in [0.5, 0.6) is 0 Å². The van der Waals surface area contributed by atoms with Crippen LogP contribution in [0.4, 0.5) is 0 Å². The molecule has 0 aromatic heterocycles. The van der Waals surface area contributed by atoms with Gasteiger partial charge in [0.15, 0.2) is 0 Å². The second kappa shape index (κ2) is 1.98. The van der Waals surface area contributed by atoms with E-state index in [0.717, 1.165) is 11.3 Å². The van der Waals surface area contributed by atoms with E-state index in [9.17, 15) is 0 Å². The first-order chi connectivity index (χ1) is 4.37. The van der Waals surface area contributed by atoms with Crippen molar-refractivity contribution in [2.24, 2.45) is 11.3 Å². The van der Waals surface area contributed by atoms with E-state index in [1.165, 1.54) is 37.4 Å². The van der Waals surface area contributed by atoms with Crippen molar-refractivity contribution in [2.45, 2.75) is 32.1 Å². The molecule has 52 valence electrons. The molecule has 9 heavy (non-hydrogen) atoms. The molecule has 1 atom stereocenters. The Balaban J connectivity index is 1.97. The topological polar surface area (TPSA) is 0 Å². The molecule has 1 heteroatoms. The van der Waals surface area contributed by atoms with E-state index in [0.29, 0.717) is 0 Å². The standard InChI is InChI=1S/C8H13Br/c9-6-7-5-8(7)3-1-2-4-8/h7H,1-6H2. The van der Waals surface area contributed by atoms with Gasteiger partial charge in [-0.1, -0.05) is 28.8 Å². The Labute approximate surface area is 65.1 Å². The first-order valence-corrected chi connectivity index (χ1v) is 5.05. The van der Waals surface area contributed by atoms with Crippen molar-refractivity contribution in [3.8, 4) is 0 Å². The average Bonchev–Trinajstić information content (AvgIpc) is 2.30. The molecule has 0 bridgehead atoms. The maximum Gasteiger partial charge on any atom is 0.00651 e. The lowest BCUT2D eigenvalue weighted by atomic mass is 10.0. The highest BCUT2D eigenvalue weighted by molar-refractivity contribution is 9.09. The molecule has 1 unspecified atom stereocenters. The fourth-order valence-electron chi connectivity index (χ4n) is 2.34. The van der Waals surface area contributed by atoms with Crippen LogP contribution in [0.25, 0.3) is 0 Å². The summed E-state index contributed by atoms with van der Waals surface area (Å²) in [6.45, 7) is 0. The molecule has 2 rings (SSSR count). The summed E-state index contributed by atoms with van der Waals surface area (Å²) in [4.78, 5) is 0. The predicted molar refractivity (Wildman–Crippen MR) is 42.8 cm³/mol. The molecule has 1 spiro atoms. The molecule has 0 radical (unpaired) electrons. The number of hydrogen-bond acceptors (Lipinski definition) is 0. The molecule has 0 aliphatic heterocycles. The van der Waals surface area contributed by atoms with E-state index in [2.05, 4.69) is 15.9 Å². The Morgan fingerprint density at radius 2 is 2.00 bits per heavy atom. The molecule has 0 aromatic rings. The molecule has 0 amide bonds. The molecule has 2 fully saturated rings. The predicted octanol–water partition coefficient (Wildman–Crippen LogP) is 2.96. The van der Waals surface area contributed by atoms with Crippen LogP contribution < -0.4 is 0 Å². The summed E-state index contributed by atoms with van der Waals surface area (Å²) < 4.78 is 0. The Kier molecular flexibility index (Phi) is 1.37. The summed E-state index contributed by atoms with van der Waals surface area (Å²) >= 11 is 3.56. The number of alkyl halides is 1. The van der Waals surface area contributed by atoms with Gasteiger partial charge < -0.3 is 0 Å². The van der Waals surface area contributed by atoms with Crippen LogP contribution in [0.1, 0.15) is 32.1 Å². The molecule has 0 aromatic carbocycles. The minimum atomic E-state index is 0.865. The molecule has 0 nitrogen and oxygen atoms in total. The molecule has 0 N–H and O–H groups in total. The van der Waals surface area contributed by atoms with Crippen molar-refractivity contribution in [3.63, 3.8) is 0 Å². The zero-order valence-electron chi connectivity index (χ0n) is 5.70.